The Morgan fingerprint density at radius 1 is 1.02 bits per heavy atom. The number of halogens is 3. The molecule has 1 aliphatic rings. The molecule has 3 rings (SSSR count). The van der Waals surface area contributed by atoms with Crippen molar-refractivity contribution in [1.29, 1.82) is 0 Å². The van der Waals surface area contributed by atoms with E-state index in [0.717, 1.165) is 27.6 Å². The quantitative estimate of drug-likeness (QED) is 0.477. The number of nitrogens with one attached hydrogen (secondary N) is 3. The third kappa shape index (κ3) is 9.01. The van der Waals surface area contributed by atoms with Crippen LogP contribution in [-0.2, 0) is 31.8 Å². The summed E-state index contributed by atoms with van der Waals surface area (Å²) in [5.41, 5.74) is -0.543. The van der Waals surface area contributed by atoms with E-state index in [0.29, 0.717) is 6.07 Å². The van der Waals surface area contributed by atoms with Gasteiger partial charge in [-0.2, -0.15) is 13.2 Å². The average Bonchev–Trinajstić information content (AvgIpc) is 2.97. The molecule has 1 fully saturated rings. The molecule has 1 aliphatic heterocycles. The highest BCUT2D eigenvalue weighted by atomic mass is 19.4. The molecule has 1 aromatic heterocycles. The van der Waals surface area contributed by atoms with Crippen LogP contribution in [-0.4, -0.2) is 89.1 Å². The topological polar surface area (TPSA) is 141 Å². The zero-order valence-electron chi connectivity index (χ0n) is 25.0. The molecule has 0 bridgehead atoms. The van der Waals surface area contributed by atoms with Crippen molar-refractivity contribution in [3.05, 3.63) is 65.5 Å². The Bertz CT molecular complexity index is 1340. The molecule has 5 amide bonds. The number of likely N-dealkylation sites (N-methyl/N-ethyl adjacent to an activating group) is 1. The molecular weight excluding hydrogens is 581 g/mol. The van der Waals surface area contributed by atoms with E-state index in [2.05, 4.69) is 20.9 Å². The Morgan fingerprint density at radius 2 is 1.70 bits per heavy atom. The van der Waals surface area contributed by atoms with Crippen molar-refractivity contribution in [2.75, 3.05) is 26.7 Å². The number of carbonyl (C=O) groups is 5. The minimum Gasteiger partial charge on any atom is -0.354 e. The molecule has 238 valence electrons. The van der Waals surface area contributed by atoms with E-state index in [1.807, 2.05) is 18.2 Å². The van der Waals surface area contributed by atoms with Crippen molar-refractivity contribution in [2.45, 2.75) is 57.9 Å². The summed E-state index contributed by atoms with van der Waals surface area (Å²) in [5, 5.41) is 8.09. The third-order valence-electron chi connectivity index (χ3n) is 7.21. The summed E-state index contributed by atoms with van der Waals surface area (Å²) in [7, 11) is 1.40. The Balaban J connectivity index is 1.91. The van der Waals surface area contributed by atoms with Crippen LogP contribution in [0.2, 0.25) is 0 Å². The van der Waals surface area contributed by atoms with Crippen LogP contribution < -0.4 is 16.0 Å². The van der Waals surface area contributed by atoms with Gasteiger partial charge in [-0.15, -0.1) is 0 Å². The van der Waals surface area contributed by atoms with Crippen LogP contribution in [0.15, 0.2) is 48.7 Å². The molecule has 0 radical (unpaired) electrons. The van der Waals surface area contributed by atoms with Crippen molar-refractivity contribution < 1.29 is 37.1 Å². The van der Waals surface area contributed by atoms with E-state index < -0.39 is 65.4 Å². The van der Waals surface area contributed by atoms with Crippen molar-refractivity contribution in [1.82, 2.24) is 30.7 Å². The van der Waals surface area contributed by atoms with E-state index in [4.69, 9.17) is 0 Å². The zero-order valence-corrected chi connectivity index (χ0v) is 25.0. The maximum Gasteiger partial charge on any atom is 0.433 e. The Kier molecular flexibility index (Phi) is 11.4. The number of pyridine rings is 1. The van der Waals surface area contributed by atoms with Gasteiger partial charge in [0.1, 0.15) is 23.8 Å². The highest BCUT2D eigenvalue weighted by Gasteiger charge is 2.35. The average molecular weight is 619 g/mol. The number of hydrogen-bond donors (Lipinski definition) is 3. The highest BCUT2D eigenvalue weighted by molar-refractivity contribution is 5.98. The van der Waals surface area contributed by atoms with Crippen LogP contribution in [0.4, 0.5) is 13.2 Å². The lowest BCUT2D eigenvalue weighted by molar-refractivity contribution is -0.141. The van der Waals surface area contributed by atoms with Crippen LogP contribution in [0.5, 0.6) is 0 Å². The maximum atomic E-state index is 13.5. The van der Waals surface area contributed by atoms with Gasteiger partial charge < -0.3 is 25.8 Å². The summed E-state index contributed by atoms with van der Waals surface area (Å²) in [4.78, 5) is 71.9. The van der Waals surface area contributed by atoms with Gasteiger partial charge in [0.05, 0.1) is 12.1 Å². The lowest BCUT2D eigenvalue weighted by Gasteiger charge is -2.32. The normalized spacial score (nSPS) is 21.5. The van der Waals surface area contributed by atoms with Crippen molar-refractivity contribution in [3.63, 3.8) is 0 Å². The van der Waals surface area contributed by atoms with E-state index in [-0.39, 0.29) is 38.0 Å². The van der Waals surface area contributed by atoms with Crippen LogP contribution in [0.3, 0.4) is 0 Å². The molecular formula is C30H37F3N6O5. The second-order valence-electron chi connectivity index (χ2n) is 11.0. The number of nitrogens with zero attached hydrogens (tertiary/aromatic N) is 3. The summed E-state index contributed by atoms with van der Waals surface area (Å²) in [6.07, 6.45) is -3.55. The number of carbonyl (C=O) groups excluding carboxylic acids is 5. The summed E-state index contributed by atoms with van der Waals surface area (Å²) < 4.78 is 39.1. The van der Waals surface area contributed by atoms with Gasteiger partial charge in [-0.05, 0) is 37.0 Å². The first-order valence-electron chi connectivity index (χ1n) is 14.2. The van der Waals surface area contributed by atoms with E-state index >= 15 is 0 Å². The number of alkyl halides is 3. The van der Waals surface area contributed by atoms with Gasteiger partial charge >= 0.3 is 6.18 Å². The molecule has 11 nitrogen and oxygen atoms in total. The van der Waals surface area contributed by atoms with E-state index in [1.165, 1.54) is 14.0 Å². The lowest BCUT2D eigenvalue weighted by Crippen LogP contribution is -2.57. The molecule has 1 aromatic carbocycles. The Hall–Kier alpha value is -4.49. The van der Waals surface area contributed by atoms with Crippen LogP contribution in [0, 0.1) is 5.92 Å². The summed E-state index contributed by atoms with van der Waals surface area (Å²) in [6.45, 7) is 4.47. The van der Waals surface area contributed by atoms with Crippen molar-refractivity contribution in [3.8, 4) is 0 Å². The molecule has 0 saturated carbocycles. The van der Waals surface area contributed by atoms with Crippen LogP contribution in [0.25, 0.3) is 0 Å². The molecule has 3 N–H and O–H groups in total. The van der Waals surface area contributed by atoms with Gasteiger partial charge in [0.15, 0.2) is 0 Å². The first-order chi connectivity index (χ1) is 20.7. The van der Waals surface area contributed by atoms with Crippen molar-refractivity contribution >= 4 is 29.5 Å². The van der Waals surface area contributed by atoms with Gasteiger partial charge in [-0.3, -0.25) is 29.0 Å². The number of benzene rings is 1. The first kappa shape index (κ1) is 34.0. The minimum atomic E-state index is -4.70. The minimum absolute atomic E-state index is 0.0649. The molecule has 2 heterocycles. The lowest BCUT2D eigenvalue weighted by atomic mass is 10.0. The van der Waals surface area contributed by atoms with Gasteiger partial charge in [0, 0.05) is 32.8 Å². The maximum absolute atomic E-state index is 13.5. The predicted octanol–water partition coefficient (Wildman–Crippen LogP) is 1.78. The third-order valence-corrected chi connectivity index (χ3v) is 7.21. The van der Waals surface area contributed by atoms with Gasteiger partial charge in [-0.1, -0.05) is 44.2 Å². The fourth-order valence-corrected chi connectivity index (χ4v) is 4.67. The number of aromatic nitrogens is 1. The van der Waals surface area contributed by atoms with Gasteiger partial charge in [-0.25, -0.2) is 0 Å². The monoisotopic (exact) mass is 618 g/mol. The molecule has 2 aromatic rings. The fraction of sp³-hybridized carbons (Fsp3) is 0.467. The smallest absolute Gasteiger partial charge is 0.354 e. The SMILES string of the molecule is CC(C)[C@@H]1NC(=O)[C@@H](C)N(C(=O)c2ccc(C(F)(F)F)nc2)CCCNC(=O)[C@H](Cc2ccccc2)NC(=O)CN(C)C1=O. The molecule has 0 unspecified atom stereocenters. The number of hydrogen-bond acceptors (Lipinski definition) is 6. The van der Waals surface area contributed by atoms with E-state index in [1.54, 1.807) is 26.0 Å². The molecule has 3 atom stereocenters. The second kappa shape index (κ2) is 14.8. The second-order valence-corrected chi connectivity index (χ2v) is 11.0. The van der Waals surface area contributed by atoms with Gasteiger partial charge in [0.2, 0.25) is 23.6 Å². The molecule has 1 saturated heterocycles. The number of rotatable bonds is 4. The Labute approximate surface area is 253 Å². The first-order valence-corrected chi connectivity index (χ1v) is 14.2. The summed E-state index contributed by atoms with van der Waals surface area (Å²) in [6, 6.07) is 7.54. The van der Waals surface area contributed by atoms with Crippen molar-refractivity contribution in [2.24, 2.45) is 5.92 Å². The summed E-state index contributed by atoms with van der Waals surface area (Å²) in [5.74, 6) is -3.44. The summed E-state index contributed by atoms with van der Waals surface area (Å²) >= 11 is 0. The molecule has 0 aliphatic carbocycles. The molecule has 14 heteroatoms. The van der Waals surface area contributed by atoms with Crippen LogP contribution >= 0.6 is 0 Å². The highest BCUT2D eigenvalue weighted by Crippen LogP contribution is 2.27. The largest absolute Gasteiger partial charge is 0.433 e. The predicted molar refractivity (Wildman–Crippen MR) is 154 cm³/mol. The molecule has 44 heavy (non-hydrogen) atoms. The van der Waals surface area contributed by atoms with Gasteiger partial charge in [0.25, 0.3) is 5.91 Å². The zero-order chi connectivity index (χ0) is 32.6. The standard InChI is InChI=1S/C30H37F3N6O5/c1-18(2)25-29(44)38(4)17-24(40)36-22(15-20-9-6-5-7-10-20)27(42)34-13-8-14-39(19(3)26(41)37-25)28(43)21-11-12-23(35-16-21)30(31,32)33/h5-7,9-12,16,18-19,22,25H,8,13-15,17H2,1-4H3,(H,34,42)(H,36,40)(H,37,41)/t19-,22+,25+/m1/s1. The fourth-order valence-electron chi connectivity index (χ4n) is 4.67. The molecule has 0 spiro atoms. The van der Waals surface area contributed by atoms with E-state index in [9.17, 15) is 37.1 Å². The van der Waals surface area contributed by atoms with Crippen LogP contribution in [0.1, 0.15) is 48.8 Å². The number of amides is 5. The Morgan fingerprint density at radius 3 is 2.30 bits per heavy atom.